The fourth-order valence-electron chi connectivity index (χ4n) is 1.95. The Balaban J connectivity index is 2.21. The Kier molecular flexibility index (Phi) is 3.01. The summed E-state index contributed by atoms with van der Waals surface area (Å²) in [5.74, 6) is 0. The molecule has 3 aromatic rings. The van der Waals surface area contributed by atoms with E-state index in [0.29, 0.717) is 5.69 Å². The average molecular weight is 297 g/mol. The van der Waals surface area contributed by atoms with Gasteiger partial charge in [-0.1, -0.05) is 6.92 Å². The summed E-state index contributed by atoms with van der Waals surface area (Å²) >= 11 is 1.46. The van der Waals surface area contributed by atoms with Crippen molar-refractivity contribution in [3.63, 3.8) is 0 Å². The van der Waals surface area contributed by atoms with E-state index in [1.165, 1.54) is 23.6 Å². The van der Waals surface area contributed by atoms with Crippen molar-refractivity contribution in [1.29, 1.82) is 0 Å². The third-order valence-electron chi connectivity index (χ3n) is 2.91. The van der Waals surface area contributed by atoms with Crippen LogP contribution in [-0.2, 0) is 12.6 Å². The molecule has 0 amide bonds. The van der Waals surface area contributed by atoms with E-state index in [-0.39, 0.29) is 5.65 Å². The van der Waals surface area contributed by atoms with E-state index in [9.17, 15) is 13.2 Å². The van der Waals surface area contributed by atoms with Gasteiger partial charge in [0.05, 0.1) is 16.8 Å². The van der Waals surface area contributed by atoms with E-state index in [0.717, 1.165) is 26.8 Å². The van der Waals surface area contributed by atoms with Crippen molar-refractivity contribution in [2.24, 2.45) is 0 Å². The van der Waals surface area contributed by atoms with Crippen LogP contribution >= 0.6 is 11.3 Å². The Hall–Kier alpha value is -1.89. The number of hydrogen-bond acceptors (Lipinski definition) is 3. The Labute approximate surface area is 116 Å². The molecule has 104 valence electrons. The number of nitrogens with zero attached hydrogens (tertiary/aromatic N) is 3. The van der Waals surface area contributed by atoms with Crippen LogP contribution in [-0.4, -0.2) is 14.6 Å². The maximum Gasteiger partial charge on any atom is 0.433 e. The molecule has 0 spiro atoms. The number of alkyl halides is 3. The van der Waals surface area contributed by atoms with Crippen molar-refractivity contribution in [2.75, 3.05) is 0 Å². The summed E-state index contributed by atoms with van der Waals surface area (Å²) in [6.07, 6.45) is -2.30. The van der Waals surface area contributed by atoms with E-state index in [1.807, 2.05) is 13.0 Å². The second-order valence-electron chi connectivity index (χ2n) is 4.25. The topological polar surface area (TPSA) is 30.2 Å². The van der Waals surface area contributed by atoms with Crippen molar-refractivity contribution in [1.82, 2.24) is 14.6 Å². The standard InChI is InChI=1S/C13H10F3N3S/c1-2-8-3-4-10(20-8)9-7-11(13(14,15)16)19-12(18-9)5-6-17-19/h3-7H,2H2,1H3. The molecule has 0 radical (unpaired) electrons. The molecule has 0 N–H and O–H groups in total. The molecule has 3 nitrogen and oxygen atoms in total. The molecule has 0 aromatic carbocycles. The SMILES string of the molecule is CCc1ccc(-c2cc(C(F)(F)F)n3nccc3n2)s1. The van der Waals surface area contributed by atoms with Gasteiger partial charge in [-0.25, -0.2) is 9.50 Å². The minimum absolute atomic E-state index is 0.196. The molecule has 7 heteroatoms. The maximum absolute atomic E-state index is 13.1. The summed E-state index contributed by atoms with van der Waals surface area (Å²) in [5.41, 5.74) is -0.287. The monoisotopic (exact) mass is 297 g/mol. The van der Waals surface area contributed by atoms with Crippen LogP contribution in [0.3, 0.4) is 0 Å². The van der Waals surface area contributed by atoms with E-state index in [1.54, 1.807) is 6.07 Å². The Morgan fingerprint density at radius 3 is 2.70 bits per heavy atom. The van der Waals surface area contributed by atoms with Gasteiger partial charge in [0.25, 0.3) is 0 Å². The predicted octanol–water partition coefficient (Wildman–Crippen LogP) is 4.04. The lowest BCUT2D eigenvalue weighted by molar-refractivity contribution is -0.142. The molecule has 0 aliphatic rings. The van der Waals surface area contributed by atoms with Gasteiger partial charge >= 0.3 is 6.18 Å². The number of aryl methyl sites for hydroxylation is 1. The van der Waals surface area contributed by atoms with Crippen LogP contribution in [0.15, 0.2) is 30.5 Å². The van der Waals surface area contributed by atoms with E-state index >= 15 is 0 Å². The van der Waals surface area contributed by atoms with E-state index in [2.05, 4.69) is 10.1 Å². The molecule has 3 aromatic heterocycles. The molecule has 0 fully saturated rings. The predicted molar refractivity (Wildman–Crippen MR) is 70.7 cm³/mol. The van der Waals surface area contributed by atoms with Gasteiger partial charge in [-0.05, 0) is 24.6 Å². The summed E-state index contributed by atoms with van der Waals surface area (Å²) < 4.78 is 40.0. The zero-order chi connectivity index (χ0) is 14.3. The van der Waals surface area contributed by atoms with Gasteiger partial charge in [0, 0.05) is 10.9 Å². The van der Waals surface area contributed by atoms with Crippen molar-refractivity contribution < 1.29 is 13.2 Å². The zero-order valence-electron chi connectivity index (χ0n) is 10.5. The normalized spacial score (nSPS) is 12.2. The highest BCUT2D eigenvalue weighted by atomic mass is 32.1. The first-order valence-electron chi connectivity index (χ1n) is 6.00. The zero-order valence-corrected chi connectivity index (χ0v) is 11.3. The van der Waals surface area contributed by atoms with Crippen molar-refractivity contribution >= 4 is 17.0 Å². The minimum atomic E-state index is -4.47. The molecule has 0 aliphatic heterocycles. The van der Waals surface area contributed by atoms with Crippen molar-refractivity contribution in [2.45, 2.75) is 19.5 Å². The smallest absolute Gasteiger partial charge is 0.228 e. The number of halogens is 3. The highest BCUT2D eigenvalue weighted by Gasteiger charge is 2.35. The van der Waals surface area contributed by atoms with Gasteiger partial charge < -0.3 is 0 Å². The molecule has 3 heterocycles. The lowest BCUT2D eigenvalue weighted by atomic mass is 10.2. The highest BCUT2D eigenvalue weighted by Crippen LogP contribution is 2.34. The van der Waals surface area contributed by atoms with Crippen LogP contribution in [0.5, 0.6) is 0 Å². The molecule has 0 saturated heterocycles. The molecular weight excluding hydrogens is 287 g/mol. The summed E-state index contributed by atoms with van der Waals surface area (Å²) in [4.78, 5) is 6.09. The van der Waals surface area contributed by atoms with E-state index in [4.69, 9.17) is 0 Å². The summed E-state index contributed by atoms with van der Waals surface area (Å²) in [6, 6.07) is 6.23. The fraction of sp³-hybridized carbons (Fsp3) is 0.231. The van der Waals surface area contributed by atoms with Crippen LogP contribution in [0.4, 0.5) is 13.2 Å². The summed E-state index contributed by atoms with van der Waals surface area (Å²) in [5, 5.41) is 3.68. The minimum Gasteiger partial charge on any atom is -0.228 e. The fourth-order valence-corrected chi connectivity index (χ4v) is 2.85. The number of aromatic nitrogens is 3. The van der Waals surface area contributed by atoms with Gasteiger partial charge in [-0.3, -0.25) is 0 Å². The molecular formula is C13H10F3N3S. The van der Waals surface area contributed by atoms with E-state index < -0.39 is 11.9 Å². The summed E-state index contributed by atoms with van der Waals surface area (Å²) in [6.45, 7) is 2.00. The molecule has 0 bridgehead atoms. The van der Waals surface area contributed by atoms with Crippen LogP contribution < -0.4 is 0 Å². The molecule has 3 rings (SSSR count). The third kappa shape index (κ3) is 2.18. The van der Waals surface area contributed by atoms with Crippen molar-refractivity contribution in [3.05, 3.63) is 41.0 Å². The van der Waals surface area contributed by atoms with Crippen LogP contribution in [0.25, 0.3) is 16.2 Å². The second-order valence-corrected chi connectivity index (χ2v) is 5.41. The maximum atomic E-state index is 13.1. The number of fused-ring (bicyclic) bond motifs is 1. The van der Waals surface area contributed by atoms with Gasteiger partial charge in [0.1, 0.15) is 0 Å². The van der Waals surface area contributed by atoms with Crippen LogP contribution in [0, 0.1) is 0 Å². The highest BCUT2D eigenvalue weighted by molar-refractivity contribution is 7.15. The second kappa shape index (κ2) is 4.59. The summed E-state index contributed by atoms with van der Waals surface area (Å²) in [7, 11) is 0. The molecule has 0 atom stereocenters. The van der Waals surface area contributed by atoms with Crippen molar-refractivity contribution in [3.8, 4) is 10.6 Å². The van der Waals surface area contributed by atoms with Crippen LogP contribution in [0.1, 0.15) is 17.5 Å². The lowest BCUT2D eigenvalue weighted by Crippen LogP contribution is -2.13. The lowest BCUT2D eigenvalue weighted by Gasteiger charge is -2.10. The molecule has 20 heavy (non-hydrogen) atoms. The Morgan fingerprint density at radius 1 is 1.25 bits per heavy atom. The Bertz CT molecular complexity index is 758. The van der Waals surface area contributed by atoms with Gasteiger partial charge in [-0.15, -0.1) is 11.3 Å². The van der Waals surface area contributed by atoms with Crippen LogP contribution in [0.2, 0.25) is 0 Å². The largest absolute Gasteiger partial charge is 0.433 e. The first-order chi connectivity index (χ1) is 9.49. The van der Waals surface area contributed by atoms with Gasteiger partial charge in [0.2, 0.25) is 0 Å². The number of hydrogen-bond donors (Lipinski definition) is 0. The third-order valence-corrected chi connectivity index (χ3v) is 4.16. The number of rotatable bonds is 2. The molecule has 0 aliphatic carbocycles. The number of thiophene rings is 1. The van der Waals surface area contributed by atoms with Gasteiger partial charge in [0.15, 0.2) is 11.3 Å². The quantitative estimate of drug-likeness (QED) is 0.714. The average Bonchev–Trinajstić information content (AvgIpc) is 3.04. The molecule has 0 unspecified atom stereocenters. The van der Waals surface area contributed by atoms with Gasteiger partial charge in [-0.2, -0.15) is 18.3 Å². The Morgan fingerprint density at radius 2 is 2.05 bits per heavy atom. The first kappa shape index (κ1) is 13.1. The molecule has 0 saturated carbocycles. The first-order valence-corrected chi connectivity index (χ1v) is 6.82.